The van der Waals surface area contributed by atoms with Crippen molar-refractivity contribution >= 4 is 17.3 Å². The number of aliphatic hydroxyl groups is 1. The minimum absolute atomic E-state index is 0.0354. The monoisotopic (exact) mass is 559 g/mol. The van der Waals surface area contributed by atoms with Crippen molar-refractivity contribution in [3.8, 4) is 5.75 Å². The van der Waals surface area contributed by atoms with Crippen LogP contribution in [-0.4, -0.2) is 33.0 Å². The van der Waals surface area contributed by atoms with Crippen molar-refractivity contribution in [3.63, 3.8) is 0 Å². The number of ether oxygens (including phenoxy) is 1. The molecule has 2 heterocycles. The Kier molecular flexibility index (Phi) is 10.3. The van der Waals surface area contributed by atoms with Crippen LogP contribution in [0, 0.1) is 11.7 Å². The van der Waals surface area contributed by atoms with Crippen molar-refractivity contribution in [1.82, 2.24) is 4.40 Å². The van der Waals surface area contributed by atoms with Crippen LogP contribution in [0.3, 0.4) is 0 Å². The SMILES string of the molecule is CC(C)C(O)c1ccc(CCCCCOc2ccc(C(=O)c3cc(CCCC(=O)O)n4ccccc34)cc2)c(F)c1. The Hall–Kier alpha value is -3.97. The quantitative estimate of drug-likeness (QED) is 0.119. The first-order valence-electron chi connectivity index (χ1n) is 14.3. The largest absolute Gasteiger partial charge is 0.494 e. The summed E-state index contributed by atoms with van der Waals surface area (Å²) in [6, 6.07) is 19.7. The van der Waals surface area contributed by atoms with Crippen LogP contribution in [0.4, 0.5) is 4.39 Å². The lowest BCUT2D eigenvalue weighted by molar-refractivity contribution is -0.137. The van der Waals surface area contributed by atoms with Gasteiger partial charge in [-0.3, -0.25) is 9.59 Å². The number of aromatic nitrogens is 1. The number of carbonyl (C=O) groups excluding carboxylic acids is 1. The van der Waals surface area contributed by atoms with Gasteiger partial charge in [0.05, 0.1) is 18.2 Å². The third-order valence-electron chi connectivity index (χ3n) is 7.35. The minimum atomic E-state index is -0.829. The van der Waals surface area contributed by atoms with E-state index in [1.54, 1.807) is 36.4 Å². The molecule has 0 bridgehead atoms. The molecule has 0 saturated carbocycles. The summed E-state index contributed by atoms with van der Waals surface area (Å²) in [5.41, 5.74) is 4.13. The second kappa shape index (κ2) is 14.1. The number of aliphatic hydroxyl groups excluding tert-OH is 1. The molecule has 4 rings (SSSR count). The molecule has 2 N–H and O–H groups in total. The van der Waals surface area contributed by atoms with Gasteiger partial charge >= 0.3 is 5.97 Å². The predicted octanol–water partition coefficient (Wildman–Crippen LogP) is 7.20. The van der Waals surface area contributed by atoms with E-state index in [2.05, 4.69) is 0 Å². The van der Waals surface area contributed by atoms with Crippen molar-refractivity contribution < 1.29 is 28.9 Å². The Morgan fingerprint density at radius 1 is 0.927 bits per heavy atom. The van der Waals surface area contributed by atoms with Gasteiger partial charge in [-0.05, 0) is 104 Å². The van der Waals surface area contributed by atoms with Crippen molar-refractivity contribution in [3.05, 3.63) is 107 Å². The highest BCUT2D eigenvalue weighted by Crippen LogP contribution is 2.25. The normalized spacial score (nSPS) is 12.1. The van der Waals surface area contributed by atoms with E-state index in [0.717, 1.165) is 30.5 Å². The highest BCUT2D eigenvalue weighted by molar-refractivity contribution is 6.13. The maximum absolute atomic E-state index is 14.4. The number of benzene rings is 2. The average Bonchev–Trinajstić information content (AvgIpc) is 3.33. The molecule has 7 heteroatoms. The van der Waals surface area contributed by atoms with Crippen LogP contribution < -0.4 is 4.74 Å². The van der Waals surface area contributed by atoms with Crippen LogP contribution in [0.2, 0.25) is 0 Å². The number of carboxylic acid groups (broad SMARTS) is 1. The lowest BCUT2D eigenvalue weighted by Gasteiger charge is -2.15. The zero-order chi connectivity index (χ0) is 29.4. The van der Waals surface area contributed by atoms with E-state index in [1.165, 1.54) is 6.07 Å². The first-order chi connectivity index (χ1) is 19.7. The molecular weight excluding hydrogens is 521 g/mol. The number of hydrogen-bond acceptors (Lipinski definition) is 4. The predicted molar refractivity (Wildman–Crippen MR) is 157 cm³/mol. The van der Waals surface area contributed by atoms with Crippen LogP contribution in [0.15, 0.2) is 72.9 Å². The van der Waals surface area contributed by atoms with E-state index in [-0.39, 0.29) is 23.9 Å². The van der Waals surface area contributed by atoms with E-state index < -0.39 is 12.1 Å². The number of nitrogens with zero attached hydrogens (tertiary/aromatic N) is 1. The van der Waals surface area contributed by atoms with Crippen LogP contribution in [-0.2, 0) is 17.6 Å². The molecular formula is C34H38FNO5. The van der Waals surface area contributed by atoms with E-state index >= 15 is 0 Å². The Labute approximate surface area is 240 Å². The van der Waals surface area contributed by atoms with Crippen molar-refractivity contribution in [2.45, 2.75) is 64.9 Å². The van der Waals surface area contributed by atoms with Crippen molar-refractivity contribution in [2.75, 3.05) is 6.61 Å². The molecule has 0 aliphatic heterocycles. The molecule has 4 aromatic rings. The van der Waals surface area contributed by atoms with Gasteiger partial charge in [0.2, 0.25) is 0 Å². The highest BCUT2D eigenvalue weighted by Gasteiger charge is 2.17. The zero-order valence-corrected chi connectivity index (χ0v) is 23.7. The topological polar surface area (TPSA) is 88.2 Å². The van der Waals surface area contributed by atoms with E-state index in [0.29, 0.717) is 53.9 Å². The fraction of sp³-hybridized carbons (Fsp3) is 0.353. The second-order valence-electron chi connectivity index (χ2n) is 10.8. The molecule has 41 heavy (non-hydrogen) atoms. The number of carboxylic acids is 1. The molecule has 0 spiro atoms. The molecule has 0 amide bonds. The van der Waals surface area contributed by atoms with Gasteiger partial charge in [0.25, 0.3) is 0 Å². The number of hydrogen-bond donors (Lipinski definition) is 2. The first kappa shape index (κ1) is 30.0. The van der Waals surface area contributed by atoms with Gasteiger partial charge in [0, 0.05) is 29.4 Å². The van der Waals surface area contributed by atoms with E-state index in [9.17, 15) is 19.1 Å². The van der Waals surface area contributed by atoms with Crippen molar-refractivity contribution in [2.24, 2.45) is 5.92 Å². The third-order valence-corrected chi connectivity index (χ3v) is 7.35. The number of carbonyl (C=O) groups is 2. The average molecular weight is 560 g/mol. The molecule has 216 valence electrons. The molecule has 1 unspecified atom stereocenters. The lowest BCUT2D eigenvalue weighted by atomic mass is 9.96. The summed E-state index contributed by atoms with van der Waals surface area (Å²) in [7, 11) is 0. The Morgan fingerprint density at radius 2 is 1.71 bits per heavy atom. The molecule has 6 nitrogen and oxygen atoms in total. The summed E-state index contributed by atoms with van der Waals surface area (Å²) < 4.78 is 22.3. The molecule has 0 aliphatic carbocycles. The van der Waals surface area contributed by atoms with Gasteiger partial charge in [-0.1, -0.05) is 32.0 Å². The Bertz CT molecular complexity index is 1470. The van der Waals surface area contributed by atoms with Gasteiger partial charge in [-0.2, -0.15) is 0 Å². The standard InChI is InChI=1S/C34H38FNO5/c1-23(2)33(39)26-14-13-24(30(35)21-26)9-4-3-7-20-41-28-17-15-25(16-18-28)34(40)29-22-27(10-8-12-32(37)38)36-19-6-5-11-31(29)36/h5-6,11,13-19,21-23,33,39H,3-4,7-10,12,20H2,1-2H3,(H,37,38). The van der Waals surface area contributed by atoms with Gasteiger partial charge < -0.3 is 19.4 Å². The molecule has 1 atom stereocenters. The zero-order valence-electron chi connectivity index (χ0n) is 23.7. The number of aryl methyl sites for hydroxylation is 2. The number of fused-ring (bicyclic) bond motifs is 1. The summed E-state index contributed by atoms with van der Waals surface area (Å²) in [5.74, 6) is -0.472. The maximum atomic E-state index is 14.4. The Morgan fingerprint density at radius 3 is 2.41 bits per heavy atom. The molecule has 2 aromatic carbocycles. The summed E-state index contributed by atoms with van der Waals surface area (Å²) >= 11 is 0. The number of ketones is 1. The summed E-state index contributed by atoms with van der Waals surface area (Å²) in [6.07, 6.45) is 5.58. The second-order valence-corrected chi connectivity index (χ2v) is 10.8. The van der Waals surface area contributed by atoms with E-state index in [4.69, 9.17) is 9.84 Å². The summed E-state index contributed by atoms with van der Waals surface area (Å²) in [4.78, 5) is 24.2. The van der Waals surface area contributed by atoms with Crippen LogP contribution in [0.25, 0.3) is 5.52 Å². The maximum Gasteiger partial charge on any atom is 0.303 e. The fourth-order valence-corrected chi connectivity index (χ4v) is 5.00. The number of rotatable bonds is 15. The molecule has 0 saturated heterocycles. The van der Waals surface area contributed by atoms with Gasteiger partial charge in [-0.25, -0.2) is 4.39 Å². The molecule has 0 fully saturated rings. The lowest BCUT2D eigenvalue weighted by Crippen LogP contribution is -2.06. The molecule has 2 aromatic heterocycles. The van der Waals surface area contributed by atoms with Crippen LogP contribution in [0.5, 0.6) is 5.75 Å². The minimum Gasteiger partial charge on any atom is -0.494 e. The smallest absolute Gasteiger partial charge is 0.303 e. The van der Waals surface area contributed by atoms with Crippen molar-refractivity contribution in [1.29, 1.82) is 0 Å². The summed E-state index contributed by atoms with van der Waals surface area (Å²) in [6.45, 7) is 4.34. The fourth-order valence-electron chi connectivity index (χ4n) is 5.00. The van der Waals surface area contributed by atoms with Crippen LogP contribution in [0.1, 0.15) is 84.8 Å². The number of pyridine rings is 1. The first-order valence-corrected chi connectivity index (χ1v) is 14.3. The number of aliphatic carboxylic acids is 1. The van der Waals surface area contributed by atoms with E-state index in [1.807, 2.05) is 48.7 Å². The highest BCUT2D eigenvalue weighted by atomic mass is 19.1. The Balaban J connectivity index is 1.26. The van der Waals surface area contributed by atoms with Crippen LogP contribution >= 0.6 is 0 Å². The number of unbranched alkanes of at least 4 members (excludes halogenated alkanes) is 2. The summed E-state index contributed by atoms with van der Waals surface area (Å²) in [5, 5.41) is 19.1. The van der Waals surface area contributed by atoms with Gasteiger partial charge in [0.1, 0.15) is 11.6 Å². The number of halogens is 1. The molecule has 0 aliphatic rings. The van der Waals surface area contributed by atoms with Gasteiger partial charge in [0.15, 0.2) is 5.78 Å². The van der Waals surface area contributed by atoms with Gasteiger partial charge in [-0.15, -0.1) is 0 Å². The molecule has 0 radical (unpaired) electrons. The third kappa shape index (κ3) is 7.82.